The number of rotatable bonds is 0. The Hall–Kier alpha value is -0.360. The minimum Gasteiger partial charge on any atom is -0.382 e. The number of hydrogen-bond donors (Lipinski definition) is 1. The number of nitrogens with zero attached hydrogens (tertiary/aromatic N) is 1. The Bertz CT molecular complexity index is 517. The van der Waals surface area contributed by atoms with Gasteiger partial charge in [0, 0.05) is 3.57 Å². The number of nitrogens with two attached hydrogens (primary N) is 1. The first-order valence-electron chi connectivity index (χ1n) is 4.34. The number of benzene rings is 1. The van der Waals surface area contributed by atoms with Crippen LogP contribution in [0.15, 0.2) is 0 Å². The molecule has 2 aromatic rings. The zero-order chi connectivity index (χ0) is 10.5. The predicted molar refractivity (Wildman–Crippen MR) is 71.0 cm³/mol. The van der Waals surface area contributed by atoms with Crippen LogP contribution < -0.4 is 5.73 Å². The number of anilines is 1. The van der Waals surface area contributed by atoms with E-state index in [-0.39, 0.29) is 0 Å². The highest BCUT2D eigenvalue weighted by Crippen LogP contribution is 2.36. The molecule has 0 bridgehead atoms. The number of halogens is 1. The summed E-state index contributed by atoms with van der Waals surface area (Å²) >= 11 is 3.85. The second-order valence-electron chi connectivity index (χ2n) is 3.46. The van der Waals surface area contributed by atoms with E-state index in [1.807, 2.05) is 0 Å². The molecule has 0 spiro atoms. The summed E-state index contributed by atoms with van der Waals surface area (Å²) in [6.07, 6.45) is 0. The van der Waals surface area contributed by atoms with Crippen LogP contribution in [0.5, 0.6) is 0 Å². The van der Waals surface area contributed by atoms with Crippen molar-refractivity contribution in [1.29, 1.82) is 0 Å². The van der Waals surface area contributed by atoms with Crippen LogP contribution in [0.4, 0.5) is 5.82 Å². The van der Waals surface area contributed by atoms with Crippen molar-refractivity contribution in [3.05, 3.63) is 20.3 Å². The van der Waals surface area contributed by atoms with E-state index >= 15 is 0 Å². The second kappa shape index (κ2) is 3.34. The molecule has 14 heavy (non-hydrogen) atoms. The molecule has 0 saturated heterocycles. The molecule has 74 valence electrons. The zero-order valence-corrected chi connectivity index (χ0v) is 11.3. The van der Waals surface area contributed by atoms with E-state index in [2.05, 4.69) is 47.7 Å². The molecule has 1 heterocycles. The van der Waals surface area contributed by atoms with Gasteiger partial charge in [-0.05, 0) is 71.6 Å². The van der Waals surface area contributed by atoms with Crippen LogP contribution in [-0.4, -0.2) is 4.37 Å². The van der Waals surface area contributed by atoms with E-state index < -0.39 is 0 Å². The Labute approximate surface area is 101 Å². The van der Waals surface area contributed by atoms with Crippen LogP contribution >= 0.6 is 34.1 Å². The van der Waals surface area contributed by atoms with Gasteiger partial charge in [-0.3, -0.25) is 0 Å². The molecule has 0 radical (unpaired) electrons. The monoisotopic (exact) mass is 318 g/mol. The van der Waals surface area contributed by atoms with Gasteiger partial charge < -0.3 is 5.73 Å². The summed E-state index contributed by atoms with van der Waals surface area (Å²) in [6, 6.07) is 0. The van der Waals surface area contributed by atoms with Gasteiger partial charge >= 0.3 is 0 Å². The van der Waals surface area contributed by atoms with Crippen molar-refractivity contribution < 1.29 is 0 Å². The molecule has 4 heteroatoms. The molecule has 0 aliphatic rings. The lowest BCUT2D eigenvalue weighted by atomic mass is 10.0. The fourth-order valence-electron chi connectivity index (χ4n) is 1.57. The summed E-state index contributed by atoms with van der Waals surface area (Å²) in [5.41, 5.74) is 9.85. The molecule has 0 aliphatic heterocycles. The molecule has 0 aliphatic carbocycles. The summed E-state index contributed by atoms with van der Waals surface area (Å²) in [7, 11) is 0. The quantitative estimate of drug-likeness (QED) is 0.756. The second-order valence-corrected chi connectivity index (χ2v) is 5.31. The van der Waals surface area contributed by atoms with Crippen LogP contribution in [0.2, 0.25) is 0 Å². The Morgan fingerprint density at radius 1 is 1.14 bits per heavy atom. The van der Waals surface area contributed by atoms with Gasteiger partial charge in [-0.2, -0.15) is 4.37 Å². The zero-order valence-electron chi connectivity index (χ0n) is 8.31. The van der Waals surface area contributed by atoms with Crippen molar-refractivity contribution in [2.75, 3.05) is 5.73 Å². The maximum Gasteiger partial charge on any atom is 0.146 e. The molecular formula is C10H11IN2S. The van der Waals surface area contributed by atoms with E-state index in [1.54, 1.807) is 0 Å². The van der Waals surface area contributed by atoms with Gasteiger partial charge in [-0.1, -0.05) is 0 Å². The van der Waals surface area contributed by atoms with Crippen LogP contribution in [-0.2, 0) is 0 Å². The van der Waals surface area contributed by atoms with Gasteiger partial charge in [-0.25, -0.2) is 0 Å². The third kappa shape index (κ3) is 1.24. The maximum absolute atomic E-state index is 5.86. The molecule has 0 atom stereocenters. The van der Waals surface area contributed by atoms with Crippen molar-refractivity contribution in [2.24, 2.45) is 0 Å². The van der Waals surface area contributed by atoms with E-state index in [0.717, 1.165) is 5.39 Å². The van der Waals surface area contributed by atoms with Crippen LogP contribution in [0.3, 0.4) is 0 Å². The highest BCUT2D eigenvalue weighted by Gasteiger charge is 2.14. The summed E-state index contributed by atoms with van der Waals surface area (Å²) in [4.78, 5) is 0. The lowest BCUT2D eigenvalue weighted by Crippen LogP contribution is -1.93. The molecular weight excluding hydrogens is 307 g/mol. The topological polar surface area (TPSA) is 38.9 Å². The molecule has 2 nitrogen and oxygen atoms in total. The molecule has 1 aromatic heterocycles. The summed E-state index contributed by atoms with van der Waals surface area (Å²) < 4.78 is 6.69. The van der Waals surface area contributed by atoms with Crippen molar-refractivity contribution in [1.82, 2.24) is 4.37 Å². The highest BCUT2D eigenvalue weighted by atomic mass is 127. The van der Waals surface area contributed by atoms with Gasteiger partial charge in [0.25, 0.3) is 0 Å². The van der Waals surface area contributed by atoms with Gasteiger partial charge in [0.1, 0.15) is 5.82 Å². The SMILES string of the molecule is Cc1c(C)c(I)c2c(N)nsc2c1C. The third-order valence-corrected chi connectivity index (χ3v) is 5.06. The molecule has 0 fully saturated rings. The standard InChI is InChI=1S/C10H11IN2S/c1-4-5(2)8(11)7-9(6(4)3)14-13-10(7)12/h1-3H3,(H2,12,13). The smallest absolute Gasteiger partial charge is 0.146 e. The van der Waals surface area contributed by atoms with Crippen LogP contribution in [0.25, 0.3) is 10.1 Å². The number of aryl methyl sites for hydroxylation is 1. The van der Waals surface area contributed by atoms with E-state index in [1.165, 1.54) is 36.5 Å². The summed E-state index contributed by atoms with van der Waals surface area (Å²) in [5, 5.41) is 1.14. The Balaban J connectivity index is 3.05. The lowest BCUT2D eigenvalue weighted by molar-refractivity contribution is 1.29. The molecule has 2 rings (SSSR count). The first kappa shape index (κ1) is 10.2. The van der Waals surface area contributed by atoms with E-state index in [9.17, 15) is 0 Å². The lowest BCUT2D eigenvalue weighted by Gasteiger charge is -2.08. The Morgan fingerprint density at radius 3 is 2.43 bits per heavy atom. The van der Waals surface area contributed by atoms with Crippen molar-refractivity contribution in [3.63, 3.8) is 0 Å². The molecule has 0 amide bonds. The molecule has 2 N–H and O–H groups in total. The van der Waals surface area contributed by atoms with Gasteiger partial charge in [-0.15, -0.1) is 0 Å². The number of nitrogen functional groups attached to an aromatic ring is 1. The molecule has 1 aromatic carbocycles. The molecule has 0 unspecified atom stereocenters. The normalized spacial score (nSPS) is 11.1. The van der Waals surface area contributed by atoms with Gasteiger partial charge in [0.15, 0.2) is 0 Å². The fourth-order valence-corrected chi connectivity index (χ4v) is 3.58. The van der Waals surface area contributed by atoms with Crippen LogP contribution in [0.1, 0.15) is 16.7 Å². The fraction of sp³-hybridized carbons (Fsp3) is 0.300. The first-order valence-corrected chi connectivity index (χ1v) is 6.19. The average molecular weight is 318 g/mol. The van der Waals surface area contributed by atoms with Crippen LogP contribution in [0, 0.1) is 24.3 Å². The Morgan fingerprint density at radius 2 is 1.79 bits per heavy atom. The Kier molecular flexibility index (Phi) is 2.43. The first-order chi connectivity index (χ1) is 6.54. The van der Waals surface area contributed by atoms with E-state index in [0.29, 0.717) is 5.82 Å². The summed E-state index contributed by atoms with van der Waals surface area (Å²) in [6.45, 7) is 6.43. The van der Waals surface area contributed by atoms with Crippen molar-refractivity contribution >= 4 is 50.0 Å². The highest BCUT2D eigenvalue weighted by molar-refractivity contribution is 14.1. The van der Waals surface area contributed by atoms with Gasteiger partial charge in [0.2, 0.25) is 0 Å². The minimum atomic E-state index is 0.667. The predicted octanol–water partition coefficient (Wildman–Crippen LogP) is 3.41. The number of hydrogen-bond acceptors (Lipinski definition) is 3. The third-order valence-electron chi connectivity index (χ3n) is 2.73. The van der Waals surface area contributed by atoms with Crippen molar-refractivity contribution in [3.8, 4) is 0 Å². The average Bonchev–Trinajstić information content (AvgIpc) is 2.54. The number of aromatic nitrogens is 1. The maximum atomic E-state index is 5.86. The summed E-state index contributed by atoms with van der Waals surface area (Å²) in [5.74, 6) is 0.667. The van der Waals surface area contributed by atoms with E-state index in [4.69, 9.17) is 5.73 Å². The van der Waals surface area contributed by atoms with Gasteiger partial charge in [0.05, 0.1) is 10.1 Å². The minimum absolute atomic E-state index is 0.667. The van der Waals surface area contributed by atoms with Crippen molar-refractivity contribution in [2.45, 2.75) is 20.8 Å². The number of fused-ring (bicyclic) bond motifs is 1. The molecule has 0 saturated carbocycles. The largest absolute Gasteiger partial charge is 0.382 e.